The number of piperazine rings is 2. The average molecular weight is 933 g/mol. The van der Waals surface area contributed by atoms with Crippen LogP contribution in [-0.2, 0) is 0 Å². The minimum Gasteiger partial charge on any atom is -0.494 e. The third-order valence-corrected chi connectivity index (χ3v) is 11.5. The number of anilines is 6. The van der Waals surface area contributed by atoms with Gasteiger partial charge in [-0.15, -0.1) is 0 Å². The van der Waals surface area contributed by atoms with Crippen molar-refractivity contribution in [1.82, 2.24) is 50.5 Å². The van der Waals surface area contributed by atoms with Crippen LogP contribution in [-0.4, -0.2) is 106 Å². The van der Waals surface area contributed by atoms with Crippen LogP contribution in [0, 0.1) is 34.9 Å². The van der Waals surface area contributed by atoms with Gasteiger partial charge in [0.2, 0.25) is 0 Å². The molecule has 2 N–H and O–H groups in total. The molecule has 22 heteroatoms. The van der Waals surface area contributed by atoms with Crippen LogP contribution in [0.1, 0.15) is 0 Å². The topological polar surface area (TPSA) is 159 Å². The highest BCUT2D eigenvalue weighted by molar-refractivity contribution is 5.97. The Morgan fingerprint density at radius 2 is 0.912 bits per heavy atom. The van der Waals surface area contributed by atoms with Crippen LogP contribution in [0.4, 0.5) is 61.0 Å². The fourth-order valence-corrected chi connectivity index (χ4v) is 8.25. The van der Waals surface area contributed by atoms with Crippen LogP contribution in [0.15, 0.2) is 85.7 Å². The molecule has 68 heavy (non-hydrogen) atoms. The lowest BCUT2D eigenvalue weighted by Gasteiger charge is -2.37. The van der Waals surface area contributed by atoms with Gasteiger partial charge in [0.05, 0.1) is 60.8 Å². The Labute approximate surface area is 383 Å². The lowest BCUT2D eigenvalue weighted by molar-refractivity contribution is 0.417. The van der Waals surface area contributed by atoms with Crippen molar-refractivity contribution in [1.29, 1.82) is 0 Å². The summed E-state index contributed by atoms with van der Waals surface area (Å²) in [6, 6.07) is 7.89. The maximum Gasteiger partial charge on any atom is 0.187 e. The van der Waals surface area contributed by atoms with Gasteiger partial charge in [0.15, 0.2) is 58.2 Å². The zero-order chi connectivity index (χ0) is 47.1. The molecule has 0 aliphatic carbocycles. The van der Waals surface area contributed by atoms with Gasteiger partial charge in [0.1, 0.15) is 34.5 Å². The summed E-state index contributed by atoms with van der Waals surface area (Å²) in [6.45, 7) is 4.91. The van der Waals surface area contributed by atoms with Gasteiger partial charge in [-0.25, -0.2) is 66.3 Å². The van der Waals surface area contributed by atoms with Crippen LogP contribution in [0.5, 0.6) is 11.5 Å². The number of benzene rings is 2. The first-order chi connectivity index (χ1) is 33.1. The van der Waals surface area contributed by atoms with E-state index in [2.05, 4.69) is 30.6 Å². The maximum atomic E-state index is 16.5. The van der Waals surface area contributed by atoms with Gasteiger partial charge in [0.25, 0.3) is 0 Å². The monoisotopic (exact) mass is 932 g/mol. The number of rotatable bonds is 11. The lowest BCUT2D eigenvalue weighted by Crippen LogP contribution is -2.44. The molecule has 0 bridgehead atoms. The normalized spacial score (nSPS) is 14.1. The zero-order valence-electron chi connectivity index (χ0n) is 36.2. The molecule has 10 rings (SSSR count). The number of nitrogens with zero attached hydrogens (tertiary/aromatic N) is 12. The number of methoxy groups -OCH3 is 2. The van der Waals surface area contributed by atoms with Crippen molar-refractivity contribution in [3.63, 3.8) is 0 Å². The van der Waals surface area contributed by atoms with E-state index in [-0.39, 0.29) is 22.8 Å². The van der Waals surface area contributed by atoms with Gasteiger partial charge in [-0.05, 0) is 48.5 Å². The van der Waals surface area contributed by atoms with Gasteiger partial charge in [-0.3, -0.25) is 9.97 Å². The Morgan fingerprint density at radius 3 is 1.31 bits per heavy atom. The zero-order valence-corrected chi connectivity index (χ0v) is 36.2. The highest BCUT2D eigenvalue weighted by Gasteiger charge is 2.35. The summed E-state index contributed by atoms with van der Waals surface area (Å²) < 4.78 is 108. The van der Waals surface area contributed by atoms with E-state index in [1.54, 1.807) is 0 Å². The fraction of sp³-hybridized carbons (Fsp3) is 0.217. The first-order valence-corrected chi connectivity index (χ1v) is 21.2. The van der Waals surface area contributed by atoms with Crippen LogP contribution >= 0.6 is 0 Å². The first-order valence-electron chi connectivity index (χ1n) is 21.2. The van der Waals surface area contributed by atoms with E-state index < -0.39 is 57.9 Å². The average Bonchev–Trinajstić information content (AvgIpc) is 3.38. The van der Waals surface area contributed by atoms with Crippen LogP contribution in [0.25, 0.3) is 44.6 Å². The summed E-state index contributed by atoms with van der Waals surface area (Å²) in [4.78, 5) is 40.9. The van der Waals surface area contributed by atoms with Gasteiger partial charge >= 0.3 is 0 Å². The Morgan fingerprint density at radius 1 is 0.515 bits per heavy atom. The number of ether oxygens (including phenoxy) is 2. The quantitative estimate of drug-likeness (QED) is 0.0772. The van der Waals surface area contributed by atoms with Crippen LogP contribution < -0.4 is 39.9 Å². The van der Waals surface area contributed by atoms with Crippen molar-refractivity contribution in [2.45, 2.75) is 0 Å². The molecule has 2 fully saturated rings. The molecule has 6 aromatic heterocycles. The molecule has 2 aromatic carbocycles. The molecule has 0 atom stereocenters. The molecule has 8 heterocycles. The summed E-state index contributed by atoms with van der Waals surface area (Å²) >= 11 is 0. The van der Waals surface area contributed by atoms with Gasteiger partial charge in [-0.1, -0.05) is 0 Å². The van der Waals surface area contributed by atoms with Crippen LogP contribution in [0.3, 0.4) is 0 Å². The second-order valence-electron chi connectivity index (χ2n) is 15.5. The van der Waals surface area contributed by atoms with Crippen molar-refractivity contribution in [3.8, 4) is 34.3 Å². The molecule has 0 spiro atoms. The molecule has 0 saturated carbocycles. The highest BCUT2D eigenvalue weighted by atomic mass is 19.2. The number of halogens is 6. The smallest absolute Gasteiger partial charge is 0.187 e. The second kappa shape index (κ2) is 18.4. The maximum absolute atomic E-state index is 16.5. The van der Waals surface area contributed by atoms with E-state index in [1.807, 2.05) is 9.80 Å². The van der Waals surface area contributed by atoms with Gasteiger partial charge < -0.3 is 29.9 Å². The highest BCUT2D eigenvalue weighted by Crippen LogP contribution is 2.43. The molecular formula is C46H38F6N14O2. The van der Waals surface area contributed by atoms with Crippen molar-refractivity contribution < 1.29 is 35.8 Å². The standard InChI is InChI=1S/C46H38F6N14O2/c1-67-33-23-55-21-31-37(33)45(63-15-11-53-12-16-63)61-43(59-31)25-7-9-57-35(19-25)65(41-29(49)5-3-27(47)39(41)51)66(42-30(50)6-4-28(48)40(42)52)36-20-26(8-10-58-36)44-60-32-22-56-24-34(68-2)38(32)46(62-44)64-17-13-54-14-18-64/h3-10,19-24,53-54H,11-18H2,1-2H3. The molecular weight excluding hydrogens is 895 g/mol. The number of hydrazine groups is 1. The van der Waals surface area contributed by atoms with E-state index in [9.17, 15) is 0 Å². The third kappa shape index (κ3) is 7.95. The summed E-state index contributed by atoms with van der Waals surface area (Å²) in [5.74, 6) is -8.33. The van der Waals surface area contributed by atoms with Crippen molar-refractivity contribution >= 4 is 56.5 Å². The summed E-state index contributed by atoms with van der Waals surface area (Å²) in [6.07, 6.45) is 8.59. The number of fused-ring (bicyclic) bond motifs is 2. The molecule has 0 amide bonds. The van der Waals surface area contributed by atoms with Gasteiger partial charge in [-0.2, -0.15) is 0 Å². The molecule has 0 unspecified atom stereocenters. The van der Waals surface area contributed by atoms with E-state index in [1.165, 1.54) is 75.7 Å². The molecule has 2 aliphatic rings. The predicted molar refractivity (Wildman–Crippen MR) is 241 cm³/mol. The molecule has 2 aliphatic heterocycles. The van der Waals surface area contributed by atoms with Gasteiger partial charge in [0, 0.05) is 75.9 Å². The number of hydrogen-bond acceptors (Lipinski definition) is 16. The van der Waals surface area contributed by atoms with E-state index >= 15 is 26.3 Å². The van der Waals surface area contributed by atoms with E-state index in [4.69, 9.17) is 29.4 Å². The molecule has 8 aromatic rings. The van der Waals surface area contributed by atoms with E-state index in [0.29, 0.717) is 132 Å². The molecule has 346 valence electrons. The predicted octanol–water partition coefficient (Wildman–Crippen LogP) is 7.05. The minimum atomic E-state index is -1.78. The molecule has 0 radical (unpaired) electrons. The first kappa shape index (κ1) is 43.9. The van der Waals surface area contributed by atoms with Crippen molar-refractivity contribution in [2.75, 3.05) is 86.4 Å². The number of hydrogen-bond donors (Lipinski definition) is 2. The Kier molecular flexibility index (Phi) is 11.9. The number of pyridine rings is 4. The van der Waals surface area contributed by atoms with E-state index in [0.717, 1.165) is 0 Å². The summed E-state index contributed by atoms with van der Waals surface area (Å²) in [5, 5.41) is 8.90. The Bertz CT molecular complexity index is 3000. The minimum absolute atomic E-state index is 0.0829. The number of aromatic nitrogens is 8. The second-order valence-corrected chi connectivity index (χ2v) is 15.5. The summed E-state index contributed by atoms with van der Waals surface area (Å²) in [7, 11) is 2.99. The summed E-state index contributed by atoms with van der Waals surface area (Å²) in [5.41, 5.74) is -1.24. The SMILES string of the molecule is COc1cncc2nc(-c3ccnc(N(c4c(F)ccc(F)c4F)N(c4cc(-c5nc(N6CCNCC6)c6c(OC)cncc6n5)ccn4)c4c(F)ccc(F)c4F)c3)nc(N3CCNCC3)c12. The Balaban J connectivity index is 1.20. The molecule has 16 nitrogen and oxygen atoms in total. The van der Waals surface area contributed by atoms with Crippen molar-refractivity contribution in [3.05, 3.63) is 121 Å². The Hall–Kier alpha value is -7.98. The third-order valence-electron chi connectivity index (χ3n) is 11.5. The van der Waals surface area contributed by atoms with Crippen LogP contribution in [0.2, 0.25) is 0 Å². The largest absolute Gasteiger partial charge is 0.494 e. The molecule has 2 saturated heterocycles. The fourth-order valence-electron chi connectivity index (χ4n) is 8.25. The number of nitrogens with one attached hydrogen (secondary N) is 2. The lowest BCUT2D eigenvalue weighted by atomic mass is 10.1. The van der Waals surface area contributed by atoms with Crippen molar-refractivity contribution in [2.24, 2.45) is 0 Å².